The quantitative estimate of drug-likeness (QED) is 0.804. The maximum Gasteiger partial charge on any atom is 0.240 e. The Morgan fingerprint density at radius 1 is 1.17 bits per heavy atom. The minimum absolute atomic E-state index is 0.00651. The Hall–Kier alpha value is -2.76. The van der Waals surface area contributed by atoms with Crippen molar-refractivity contribution in [3.05, 3.63) is 65.5 Å². The van der Waals surface area contributed by atoms with Gasteiger partial charge in [-0.15, -0.1) is 0 Å². The number of aromatic nitrogens is 2. The van der Waals surface area contributed by atoms with Crippen LogP contribution in [-0.2, 0) is 17.9 Å². The second-order valence-electron chi connectivity index (χ2n) is 5.39. The van der Waals surface area contributed by atoms with E-state index in [4.69, 9.17) is 0 Å². The Labute approximate surface area is 131 Å². The molecule has 0 aliphatic carbocycles. The zero-order chi connectivity index (χ0) is 16.4. The highest BCUT2D eigenvalue weighted by Crippen LogP contribution is 2.17. The fourth-order valence-electron chi connectivity index (χ4n) is 2.30. The van der Waals surface area contributed by atoms with E-state index in [0.717, 1.165) is 23.3 Å². The third-order valence-corrected chi connectivity index (χ3v) is 3.59. The van der Waals surface area contributed by atoms with Crippen LogP contribution < -0.4 is 5.32 Å². The van der Waals surface area contributed by atoms with Crippen molar-refractivity contribution in [3.63, 3.8) is 0 Å². The van der Waals surface area contributed by atoms with Crippen LogP contribution >= 0.6 is 0 Å². The lowest BCUT2D eigenvalue weighted by molar-refractivity contribution is -0.121. The molecule has 2 aromatic carbocycles. The maximum atomic E-state index is 13.3. The summed E-state index contributed by atoms with van der Waals surface area (Å²) < 4.78 is 28.0. The van der Waals surface area contributed by atoms with Gasteiger partial charge in [0.25, 0.3) is 0 Å². The molecule has 0 fully saturated rings. The Bertz CT molecular complexity index is 856. The first-order valence-electron chi connectivity index (χ1n) is 7.15. The fourth-order valence-corrected chi connectivity index (χ4v) is 2.30. The topological polar surface area (TPSA) is 46.9 Å². The maximum absolute atomic E-state index is 13.3. The molecule has 1 aromatic heterocycles. The van der Waals surface area contributed by atoms with Gasteiger partial charge in [-0.25, -0.2) is 13.8 Å². The number of hydrogen-bond donors (Lipinski definition) is 1. The van der Waals surface area contributed by atoms with Crippen LogP contribution in [0.4, 0.5) is 8.78 Å². The van der Waals surface area contributed by atoms with Gasteiger partial charge in [0, 0.05) is 18.7 Å². The van der Waals surface area contributed by atoms with Crippen molar-refractivity contribution in [3.8, 4) is 0 Å². The lowest BCUT2D eigenvalue weighted by Crippen LogP contribution is -2.26. The van der Waals surface area contributed by atoms with Crippen LogP contribution in [0.5, 0.6) is 0 Å². The van der Waals surface area contributed by atoms with Crippen molar-refractivity contribution in [1.82, 2.24) is 14.9 Å². The van der Waals surface area contributed by atoms with Gasteiger partial charge in [-0.3, -0.25) is 4.79 Å². The number of hydrogen-bond acceptors (Lipinski definition) is 2. The van der Waals surface area contributed by atoms with Gasteiger partial charge < -0.3 is 9.88 Å². The van der Waals surface area contributed by atoms with E-state index < -0.39 is 11.6 Å². The molecule has 3 rings (SSSR count). The van der Waals surface area contributed by atoms with Crippen LogP contribution in [0.2, 0.25) is 0 Å². The average Bonchev–Trinajstić information content (AvgIpc) is 2.89. The van der Waals surface area contributed by atoms with Crippen LogP contribution in [0.25, 0.3) is 11.0 Å². The molecule has 0 saturated heterocycles. The van der Waals surface area contributed by atoms with Crippen LogP contribution in [0.1, 0.15) is 11.1 Å². The van der Waals surface area contributed by atoms with Gasteiger partial charge in [-0.05, 0) is 12.5 Å². The van der Waals surface area contributed by atoms with Gasteiger partial charge >= 0.3 is 0 Å². The number of halogens is 2. The van der Waals surface area contributed by atoms with Gasteiger partial charge in [-0.2, -0.15) is 0 Å². The summed E-state index contributed by atoms with van der Waals surface area (Å²) in [7, 11) is 0. The minimum Gasteiger partial charge on any atom is -0.350 e. The first-order valence-corrected chi connectivity index (χ1v) is 7.15. The molecule has 0 aliphatic rings. The summed E-state index contributed by atoms with van der Waals surface area (Å²) >= 11 is 0. The molecule has 4 nitrogen and oxygen atoms in total. The fraction of sp³-hybridized carbons (Fsp3) is 0.176. The number of nitrogens with one attached hydrogen (secondary N) is 1. The first kappa shape index (κ1) is 15.1. The van der Waals surface area contributed by atoms with Gasteiger partial charge in [0.1, 0.15) is 6.54 Å². The molecule has 1 amide bonds. The van der Waals surface area contributed by atoms with E-state index in [1.807, 2.05) is 31.2 Å². The van der Waals surface area contributed by atoms with Crippen LogP contribution in [0.3, 0.4) is 0 Å². The second kappa shape index (κ2) is 6.16. The Morgan fingerprint density at radius 2 is 1.87 bits per heavy atom. The molecule has 1 heterocycles. The largest absolute Gasteiger partial charge is 0.350 e. The predicted molar refractivity (Wildman–Crippen MR) is 82.7 cm³/mol. The highest BCUT2D eigenvalue weighted by molar-refractivity contribution is 5.80. The smallest absolute Gasteiger partial charge is 0.240 e. The summed E-state index contributed by atoms with van der Waals surface area (Å²) in [5.74, 6) is -2.14. The van der Waals surface area contributed by atoms with Crippen LogP contribution in [0.15, 0.2) is 42.7 Å². The number of nitrogens with zero attached hydrogens (tertiary/aromatic N) is 2. The SMILES string of the molecule is Cc1ccc(CNC(=O)Cn2cnc3cc(F)c(F)cc32)cc1. The summed E-state index contributed by atoms with van der Waals surface area (Å²) in [4.78, 5) is 16.0. The molecular formula is C17H15F2N3O. The first-order chi connectivity index (χ1) is 11.0. The van der Waals surface area contributed by atoms with Gasteiger partial charge in [-0.1, -0.05) is 29.8 Å². The highest BCUT2D eigenvalue weighted by Gasteiger charge is 2.11. The molecule has 23 heavy (non-hydrogen) atoms. The zero-order valence-corrected chi connectivity index (χ0v) is 12.5. The Kier molecular flexibility index (Phi) is 4.06. The number of imidazole rings is 1. The molecule has 118 valence electrons. The number of benzene rings is 2. The van der Waals surface area contributed by atoms with Crippen molar-refractivity contribution in [2.75, 3.05) is 0 Å². The number of aryl methyl sites for hydroxylation is 1. The number of fused-ring (bicyclic) bond motifs is 1. The lowest BCUT2D eigenvalue weighted by Gasteiger charge is -2.07. The molecule has 3 aromatic rings. The molecule has 6 heteroatoms. The molecule has 0 atom stereocenters. The highest BCUT2D eigenvalue weighted by atomic mass is 19.2. The molecule has 0 bridgehead atoms. The number of rotatable bonds is 4. The third-order valence-electron chi connectivity index (χ3n) is 3.59. The summed E-state index contributed by atoms with van der Waals surface area (Å²) in [6.45, 7) is 2.40. The Balaban J connectivity index is 1.68. The summed E-state index contributed by atoms with van der Waals surface area (Å²) in [5, 5.41) is 2.79. The minimum atomic E-state index is -0.959. The number of carbonyl (C=O) groups excluding carboxylic acids is 1. The van der Waals surface area contributed by atoms with Gasteiger partial charge in [0.15, 0.2) is 11.6 Å². The molecule has 0 aliphatic heterocycles. The van der Waals surface area contributed by atoms with E-state index >= 15 is 0 Å². The third kappa shape index (κ3) is 3.36. The van der Waals surface area contributed by atoms with Gasteiger partial charge in [0.2, 0.25) is 5.91 Å². The summed E-state index contributed by atoms with van der Waals surface area (Å²) in [6.07, 6.45) is 1.40. The van der Waals surface area contributed by atoms with Crippen molar-refractivity contribution in [2.45, 2.75) is 20.0 Å². The van der Waals surface area contributed by atoms with E-state index in [1.54, 1.807) is 0 Å². The monoisotopic (exact) mass is 315 g/mol. The average molecular weight is 315 g/mol. The molecule has 1 N–H and O–H groups in total. The second-order valence-corrected chi connectivity index (χ2v) is 5.39. The van der Waals surface area contributed by atoms with Crippen molar-refractivity contribution < 1.29 is 13.6 Å². The molecule has 0 radical (unpaired) electrons. The Morgan fingerprint density at radius 3 is 2.61 bits per heavy atom. The van der Waals surface area contributed by atoms with E-state index in [1.165, 1.54) is 10.9 Å². The zero-order valence-electron chi connectivity index (χ0n) is 12.5. The standard InChI is InChI=1S/C17H15F2N3O/c1-11-2-4-12(5-3-11)8-20-17(23)9-22-10-21-15-6-13(18)14(19)7-16(15)22/h2-7,10H,8-9H2,1H3,(H,20,23). The van der Waals surface area contributed by atoms with Crippen molar-refractivity contribution in [1.29, 1.82) is 0 Å². The van der Waals surface area contributed by atoms with Crippen molar-refractivity contribution >= 4 is 16.9 Å². The van der Waals surface area contributed by atoms with E-state index in [2.05, 4.69) is 10.3 Å². The molecule has 0 unspecified atom stereocenters. The van der Waals surface area contributed by atoms with E-state index in [-0.39, 0.29) is 12.5 Å². The van der Waals surface area contributed by atoms with Gasteiger partial charge in [0.05, 0.1) is 17.4 Å². The molecule has 0 saturated carbocycles. The van der Waals surface area contributed by atoms with E-state index in [9.17, 15) is 13.6 Å². The number of amides is 1. The normalized spacial score (nSPS) is 10.9. The number of carbonyl (C=O) groups is 1. The molecule has 0 spiro atoms. The summed E-state index contributed by atoms with van der Waals surface area (Å²) in [5.41, 5.74) is 2.84. The van der Waals surface area contributed by atoms with Crippen LogP contribution in [0, 0.1) is 18.6 Å². The van der Waals surface area contributed by atoms with Crippen molar-refractivity contribution in [2.24, 2.45) is 0 Å². The van der Waals surface area contributed by atoms with Crippen LogP contribution in [-0.4, -0.2) is 15.5 Å². The van der Waals surface area contributed by atoms with E-state index in [0.29, 0.717) is 17.6 Å². The molecular weight excluding hydrogens is 300 g/mol. The summed E-state index contributed by atoms with van der Waals surface area (Å²) in [6, 6.07) is 9.90. The lowest BCUT2D eigenvalue weighted by atomic mass is 10.1. The predicted octanol–water partition coefficient (Wildman–Crippen LogP) is 2.94.